The fraction of sp³-hybridized carbons (Fsp3) is 0.235. The number of hydrogen-bond acceptors (Lipinski definition) is 6. The van der Waals surface area contributed by atoms with E-state index in [1.54, 1.807) is 13.8 Å². The van der Waals surface area contributed by atoms with Gasteiger partial charge in [0, 0.05) is 5.39 Å². The van der Waals surface area contributed by atoms with Gasteiger partial charge in [-0.15, -0.1) is 11.3 Å². The second-order valence-electron chi connectivity index (χ2n) is 5.07. The molecule has 0 unspecified atom stereocenters. The van der Waals surface area contributed by atoms with E-state index < -0.39 is 0 Å². The van der Waals surface area contributed by atoms with Gasteiger partial charge in [-0.3, -0.25) is 4.79 Å². The van der Waals surface area contributed by atoms with Crippen molar-refractivity contribution in [3.8, 4) is 0 Å². The maximum absolute atomic E-state index is 12.3. The van der Waals surface area contributed by atoms with Gasteiger partial charge in [-0.2, -0.15) is 0 Å². The van der Waals surface area contributed by atoms with Gasteiger partial charge < -0.3 is 14.5 Å². The summed E-state index contributed by atoms with van der Waals surface area (Å²) in [5, 5.41) is 4.21. The quantitative estimate of drug-likeness (QED) is 0.718. The molecule has 0 aliphatic heterocycles. The van der Waals surface area contributed by atoms with Crippen LogP contribution >= 0.6 is 11.3 Å². The second kappa shape index (κ2) is 6.84. The third-order valence-corrected chi connectivity index (χ3v) is 4.56. The number of aromatic nitrogens is 1. The molecule has 0 atom stereocenters. The first kappa shape index (κ1) is 16.2. The van der Waals surface area contributed by atoms with Gasteiger partial charge in [0.2, 0.25) is 0 Å². The number of carbonyl (C=O) groups excluding carboxylic acids is 2. The van der Waals surface area contributed by atoms with E-state index >= 15 is 0 Å². The number of hydrogen-bond donors (Lipinski definition) is 1. The minimum atomic E-state index is -0.383. The third kappa shape index (κ3) is 3.16. The van der Waals surface area contributed by atoms with Gasteiger partial charge >= 0.3 is 5.97 Å². The lowest BCUT2D eigenvalue weighted by atomic mass is 10.1. The molecule has 1 N–H and O–H groups in total. The molecule has 2 aromatic heterocycles. The number of benzene rings is 1. The van der Waals surface area contributed by atoms with Crippen LogP contribution < -0.4 is 5.32 Å². The minimum Gasteiger partial charge on any atom is -0.463 e. The van der Waals surface area contributed by atoms with Crippen LogP contribution in [0.2, 0.25) is 0 Å². The molecule has 0 saturated heterocycles. The SMILES string of the molecule is CCOC(=O)c1sc(CNC(=O)c2coc3ccccc23)nc1C. The molecule has 1 amide bonds. The number of ether oxygens (including phenoxy) is 1. The molecule has 0 spiro atoms. The number of fused-ring (bicyclic) bond motifs is 1. The summed E-state index contributed by atoms with van der Waals surface area (Å²) < 4.78 is 10.4. The molecule has 24 heavy (non-hydrogen) atoms. The number of para-hydroxylation sites is 1. The van der Waals surface area contributed by atoms with Crippen LogP contribution in [0.4, 0.5) is 0 Å². The summed E-state index contributed by atoms with van der Waals surface area (Å²) in [5.41, 5.74) is 1.75. The van der Waals surface area contributed by atoms with Gasteiger partial charge in [0.25, 0.3) is 5.91 Å². The number of furan rings is 1. The number of aryl methyl sites for hydroxylation is 1. The molecule has 6 nitrogen and oxygen atoms in total. The van der Waals surface area contributed by atoms with Crippen molar-refractivity contribution in [1.29, 1.82) is 0 Å². The average molecular weight is 344 g/mol. The molecule has 1 aromatic carbocycles. The zero-order valence-corrected chi connectivity index (χ0v) is 14.1. The number of nitrogens with zero attached hydrogens (tertiary/aromatic N) is 1. The standard InChI is InChI=1S/C17H16N2O4S/c1-3-22-17(21)15-10(2)19-14(24-15)8-18-16(20)12-9-23-13-7-5-4-6-11(12)13/h4-7,9H,3,8H2,1-2H3,(H,18,20). The lowest BCUT2D eigenvalue weighted by Gasteiger charge is -2.01. The Balaban J connectivity index is 1.71. The van der Waals surface area contributed by atoms with Gasteiger partial charge in [-0.1, -0.05) is 18.2 Å². The number of esters is 1. The number of rotatable bonds is 5. The zero-order chi connectivity index (χ0) is 17.1. The Bertz CT molecular complexity index is 897. The van der Waals surface area contributed by atoms with Crippen LogP contribution in [-0.2, 0) is 11.3 Å². The summed E-state index contributed by atoms with van der Waals surface area (Å²) in [7, 11) is 0. The van der Waals surface area contributed by atoms with Crippen LogP contribution in [0, 0.1) is 6.92 Å². The van der Waals surface area contributed by atoms with E-state index in [1.807, 2.05) is 24.3 Å². The highest BCUT2D eigenvalue weighted by atomic mass is 32.1. The topological polar surface area (TPSA) is 81.4 Å². The van der Waals surface area contributed by atoms with Crippen LogP contribution in [0.1, 0.15) is 37.7 Å². The predicted octanol–water partition coefficient (Wildman–Crippen LogP) is 3.30. The average Bonchev–Trinajstić information content (AvgIpc) is 3.16. The largest absolute Gasteiger partial charge is 0.463 e. The van der Waals surface area contributed by atoms with Crippen LogP contribution in [-0.4, -0.2) is 23.5 Å². The molecule has 2 heterocycles. The predicted molar refractivity (Wildman–Crippen MR) is 90.2 cm³/mol. The first-order valence-electron chi connectivity index (χ1n) is 7.48. The van der Waals surface area contributed by atoms with Crippen LogP contribution in [0.25, 0.3) is 11.0 Å². The van der Waals surface area contributed by atoms with E-state index in [9.17, 15) is 9.59 Å². The van der Waals surface area contributed by atoms with E-state index in [0.29, 0.717) is 33.3 Å². The summed E-state index contributed by atoms with van der Waals surface area (Å²) in [4.78, 5) is 28.9. The molecule has 0 radical (unpaired) electrons. The van der Waals surface area contributed by atoms with E-state index in [1.165, 1.54) is 17.6 Å². The Labute approximate surface area is 142 Å². The van der Waals surface area contributed by atoms with Crippen LogP contribution in [0.5, 0.6) is 0 Å². The van der Waals surface area contributed by atoms with Gasteiger partial charge in [-0.25, -0.2) is 9.78 Å². The number of thiazole rings is 1. The molecule has 0 bridgehead atoms. The van der Waals surface area contributed by atoms with E-state index in [4.69, 9.17) is 9.15 Å². The minimum absolute atomic E-state index is 0.239. The number of amides is 1. The molecule has 3 aromatic rings. The first-order chi connectivity index (χ1) is 11.6. The van der Waals surface area contributed by atoms with Gasteiger partial charge in [0.15, 0.2) is 0 Å². The zero-order valence-electron chi connectivity index (χ0n) is 13.3. The van der Waals surface area contributed by atoms with Gasteiger partial charge in [-0.05, 0) is 19.9 Å². The normalized spacial score (nSPS) is 10.8. The Morgan fingerprint density at radius 2 is 2.12 bits per heavy atom. The van der Waals surface area contributed by atoms with E-state index in [-0.39, 0.29) is 18.4 Å². The van der Waals surface area contributed by atoms with Crippen molar-refractivity contribution in [2.75, 3.05) is 6.61 Å². The fourth-order valence-electron chi connectivity index (χ4n) is 2.32. The second-order valence-corrected chi connectivity index (χ2v) is 6.15. The Morgan fingerprint density at radius 3 is 2.92 bits per heavy atom. The van der Waals surface area contributed by atoms with E-state index in [0.717, 1.165) is 5.39 Å². The molecule has 0 aliphatic rings. The van der Waals surface area contributed by atoms with Crippen molar-refractivity contribution in [2.45, 2.75) is 20.4 Å². The molecule has 0 fully saturated rings. The van der Waals surface area contributed by atoms with Crippen LogP contribution in [0.3, 0.4) is 0 Å². The summed E-state index contributed by atoms with van der Waals surface area (Å²) in [6.07, 6.45) is 1.44. The molecule has 0 saturated carbocycles. The maximum Gasteiger partial charge on any atom is 0.350 e. The lowest BCUT2D eigenvalue weighted by molar-refractivity contribution is 0.0531. The van der Waals surface area contributed by atoms with Crippen molar-refractivity contribution in [1.82, 2.24) is 10.3 Å². The Morgan fingerprint density at radius 1 is 1.33 bits per heavy atom. The van der Waals surface area contributed by atoms with Gasteiger partial charge in [0.05, 0.1) is 24.4 Å². The smallest absolute Gasteiger partial charge is 0.350 e. The molecule has 3 rings (SSSR count). The highest BCUT2D eigenvalue weighted by Crippen LogP contribution is 2.22. The molecule has 7 heteroatoms. The van der Waals surface area contributed by atoms with Crippen molar-refractivity contribution in [2.24, 2.45) is 0 Å². The van der Waals surface area contributed by atoms with Crippen molar-refractivity contribution in [3.63, 3.8) is 0 Å². The number of nitrogens with one attached hydrogen (secondary N) is 1. The summed E-state index contributed by atoms with van der Waals surface area (Å²) in [5.74, 6) is -0.628. The van der Waals surface area contributed by atoms with Crippen molar-refractivity contribution >= 4 is 34.2 Å². The molecular weight excluding hydrogens is 328 g/mol. The monoisotopic (exact) mass is 344 g/mol. The van der Waals surface area contributed by atoms with Crippen LogP contribution in [0.15, 0.2) is 34.9 Å². The van der Waals surface area contributed by atoms with Crippen molar-refractivity contribution in [3.05, 3.63) is 51.7 Å². The third-order valence-electron chi connectivity index (χ3n) is 3.43. The molecule has 0 aliphatic carbocycles. The molecular formula is C17H16N2O4S. The fourth-order valence-corrected chi connectivity index (χ4v) is 3.22. The maximum atomic E-state index is 12.3. The number of carbonyl (C=O) groups is 2. The Kier molecular flexibility index (Phi) is 4.61. The molecule has 124 valence electrons. The Hall–Kier alpha value is -2.67. The lowest BCUT2D eigenvalue weighted by Crippen LogP contribution is -2.22. The first-order valence-corrected chi connectivity index (χ1v) is 8.29. The summed E-state index contributed by atoms with van der Waals surface area (Å²) >= 11 is 1.23. The summed E-state index contributed by atoms with van der Waals surface area (Å²) in [6.45, 7) is 4.06. The highest BCUT2D eigenvalue weighted by molar-refractivity contribution is 7.13. The summed E-state index contributed by atoms with van der Waals surface area (Å²) in [6, 6.07) is 7.34. The van der Waals surface area contributed by atoms with Gasteiger partial charge in [0.1, 0.15) is 21.7 Å². The van der Waals surface area contributed by atoms with E-state index in [2.05, 4.69) is 10.3 Å². The highest BCUT2D eigenvalue weighted by Gasteiger charge is 2.18. The van der Waals surface area contributed by atoms with Crippen molar-refractivity contribution < 1.29 is 18.7 Å².